The number of rotatable bonds is 3. The first kappa shape index (κ1) is 15.3. The molecule has 3 nitrogen and oxygen atoms in total. The summed E-state index contributed by atoms with van der Waals surface area (Å²) in [6.07, 6.45) is -0.317. The van der Waals surface area contributed by atoms with Crippen molar-refractivity contribution in [1.82, 2.24) is 0 Å². The van der Waals surface area contributed by atoms with Crippen LogP contribution in [0, 0.1) is 25.7 Å². The molecular weight excluding hydrogens is 252 g/mol. The molecule has 0 bridgehead atoms. The molecule has 112 valence electrons. The van der Waals surface area contributed by atoms with Gasteiger partial charge in [0.25, 0.3) is 0 Å². The topological polar surface area (TPSA) is 38.7 Å². The maximum atomic E-state index is 10.8. The minimum absolute atomic E-state index is 0.0568. The molecule has 3 heteroatoms. The Morgan fingerprint density at radius 1 is 1.15 bits per heavy atom. The zero-order valence-electron chi connectivity index (χ0n) is 13.3. The molecule has 1 aromatic carbocycles. The second kappa shape index (κ2) is 5.74. The van der Waals surface area contributed by atoms with Crippen LogP contribution >= 0.6 is 0 Å². The van der Waals surface area contributed by atoms with Gasteiger partial charge in [0.15, 0.2) is 0 Å². The van der Waals surface area contributed by atoms with E-state index in [2.05, 4.69) is 20.8 Å². The smallest absolute Gasteiger partial charge is 0.127 e. The molecular formula is C17H26O3. The van der Waals surface area contributed by atoms with Crippen LogP contribution in [-0.2, 0) is 4.74 Å². The van der Waals surface area contributed by atoms with E-state index in [4.69, 9.17) is 9.47 Å². The Labute approximate surface area is 121 Å². The number of aliphatic hydroxyl groups excluding tert-OH is 1. The normalized spacial score (nSPS) is 31.4. The highest BCUT2D eigenvalue weighted by Gasteiger charge is 2.42. The average molecular weight is 278 g/mol. The van der Waals surface area contributed by atoms with E-state index < -0.39 is 6.10 Å². The van der Waals surface area contributed by atoms with Gasteiger partial charge in [-0.1, -0.05) is 19.1 Å². The quantitative estimate of drug-likeness (QED) is 0.921. The van der Waals surface area contributed by atoms with Gasteiger partial charge in [-0.25, -0.2) is 0 Å². The third-order valence-corrected chi connectivity index (χ3v) is 4.91. The van der Waals surface area contributed by atoms with Crippen LogP contribution in [0.1, 0.15) is 43.6 Å². The summed E-state index contributed by atoms with van der Waals surface area (Å²) in [6, 6.07) is 4.03. The van der Waals surface area contributed by atoms with Crippen LogP contribution in [0.15, 0.2) is 12.1 Å². The highest BCUT2D eigenvalue weighted by atomic mass is 16.5. The predicted molar refractivity (Wildman–Crippen MR) is 80.1 cm³/mol. The number of aryl methyl sites for hydroxylation is 1. The van der Waals surface area contributed by atoms with Gasteiger partial charge in [0, 0.05) is 11.5 Å². The van der Waals surface area contributed by atoms with E-state index >= 15 is 0 Å². The van der Waals surface area contributed by atoms with Gasteiger partial charge in [-0.05, 0) is 44.7 Å². The van der Waals surface area contributed by atoms with Crippen molar-refractivity contribution in [2.45, 2.75) is 52.9 Å². The maximum Gasteiger partial charge on any atom is 0.127 e. The van der Waals surface area contributed by atoms with Crippen molar-refractivity contribution in [3.63, 3.8) is 0 Å². The molecule has 0 saturated carbocycles. The molecule has 1 aromatic rings. The molecule has 0 radical (unpaired) electrons. The number of benzene rings is 1. The minimum atomic E-state index is -0.556. The van der Waals surface area contributed by atoms with Crippen LogP contribution in [0.25, 0.3) is 0 Å². The summed E-state index contributed by atoms with van der Waals surface area (Å²) in [7, 11) is 1.67. The summed E-state index contributed by atoms with van der Waals surface area (Å²) in [6.45, 7) is 10.4. The molecule has 0 aliphatic carbocycles. The first-order chi connectivity index (χ1) is 9.38. The fraction of sp³-hybridized carbons (Fsp3) is 0.647. The monoisotopic (exact) mass is 278 g/mol. The van der Waals surface area contributed by atoms with E-state index in [1.165, 1.54) is 5.56 Å². The molecule has 20 heavy (non-hydrogen) atoms. The fourth-order valence-corrected chi connectivity index (χ4v) is 3.36. The summed E-state index contributed by atoms with van der Waals surface area (Å²) in [5, 5.41) is 10.8. The maximum absolute atomic E-state index is 10.8. The second-order valence-electron chi connectivity index (χ2n) is 6.06. The minimum Gasteiger partial charge on any atom is -0.496 e. The molecule has 1 aliphatic rings. The van der Waals surface area contributed by atoms with E-state index in [0.717, 1.165) is 16.9 Å². The van der Waals surface area contributed by atoms with Crippen molar-refractivity contribution in [3.05, 3.63) is 28.8 Å². The van der Waals surface area contributed by atoms with Crippen molar-refractivity contribution >= 4 is 0 Å². The van der Waals surface area contributed by atoms with E-state index in [1.807, 2.05) is 26.0 Å². The summed E-state index contributed by atoms with van der Waals surface area (Å²) < 4.78 is 11.4. The average Bonchev–Trinajstić information content (AvgIpc) is 2.65. The lowest BCUT2D eigenvalue weighted by molar-refractivity contribution is 0.0224. The van der Waals surface area contributed by atoms with E-state index in [-0.39, 0.29) is 18.1 Å². The Bertz CT molecular complexity index is 483. The molecule has 2 rings (SSSR count). The van der Waals surface area contributed by atoms with E-state index in [9.17, 15) is 5.11 Å². The van der Waals surface area contributed by atoms with Crippen molar-refractivity contribution in [1.29, 1.82) is 0 Å². The van der Waals surface area contributed by atoms with Gasteiger partial charge in [-0.2, -0.15) is 0 Å². The van der Waals surface area contributed by atoms with Gasteiger partial charge in [0.1, 0.15) is 5.75 Å². The highest BCUT2D eigenvalue weighted by Crippen LogP contribution is 2.43. The van der Waals surface area contributed by atoms with E-state index in [0.29, 0.717) is 5.92 Å². The molecule has 0 aromatic heterocycles. The van der Waals surface area contributed by atoms with Crippen molar-refractivity contribution in [3.8, 4) is 5.75 Å². The van der Waals surface area contributed by atoms with Crippen LogP contribution in [0.2, 0.25) is 0 Å². The zero-order valence-corrected chi connectivity index (χ0v) is 13.3. The fourth-order valence-electron chi connectivity index (χ4n) is 3.36. The van der Waals surface area contributed by atoms with E-state index in [1.54, 1.807) is 7.11 Å². The van der Waals surface area contributed by atoms with Crippen LogP contribution < -0.4 is 4.74 Å². The predicted octanol–water partition coefficient (Wildman–Crippen LogP) is 3.40. The number of ether oxygens (including phenoxy) is 2. The summed E-state index contributed by atoms with van der Waals surface area (Å²) in [5.41, 5.74) is 3.14. The molecule has 1 saturated heterocycles. The molecule has 5 atom stereocenters. The molecule has 0 spiro atoms. The second-order valence-corrected chi connectivity index (χ2v) is 6.06. The lowest BCUT2D eigenvalue weighted by Gasteiger charge is -2.27. The molecule has 1 aliphatic heterocycles. The van der Waals surface area contributed by atoms with Gasteiger partial charge in [0.05, 0.1) is 25.4 Å². The Hall–Kier alpha value is -1.06. The standard InChI is InChI=1S/C17H26O3/c1-9-7-8-14(17(19-6)10(9)2)16(18)15-11(3)12(4)20-13(15)5/h7-8,11-13,15-16,18H,1-6H3. The third kappa shape index (κ3) is 2.45. The van der Waals surface area contributed by atoms with Crippen LogP contribution in [0.3, 0.4) is 0 Å². The Balaban J connectivity index is 2.39. The first-order valence-electron chi connectivity index (χ1n) is 7.36. The third-order valence-electron chi connectivity index (χ3n) is 4.91. The first-order valence-corrected chi connectivity index (χ1v) is 7.36. The number of methoxy groups -OCH3 is 1. The summed E-state index contributed by atoms with van der Waals surface area (Å²) in [5.74, 6) is 1.23. The number of hydrogen-bond donors (Lipinski definition) is 1. The molecule has 1 N–H and O–H groups in total. The van der Waals surface area contributed by atoms with Crippen molar-refractivity contribution in [2.24, 2.45) is 11.8 Å². The SMILES string of the molecule is COc1c(C(O)C2C(C)OC(C)C2C)ccc(C)c1C. The Morgan fingerprint density at radius 2 is 1.80 bits per heavy atom. The molecule has 1 heterocycles. The molecule has 5 unspecified atom stereocenters. The Kier molecular flexibility index (Phi) is 4.40. The lowest BCUT2D eigenvalue weighted by Crippen LogP contribution is -2.25. The van der Waals surface area contributed by atoms with Crippen LogP contribution in [0.4, 0.5) is 0 Å². The van der Waals surface area contributed by atoms with Gasteiger partial charge in [-0.15, -0.1) is 0 Å². The summed E-state index contributed by atoms with van der Waals surface area (Å²) in [4.78, 5) is 0. The zero-order chi connectivity index (χ0) is 15.0. The van der Waals surface area contributed by atoms with Crippen LogP contribution in [-0.4, -0.2) is 24.4 Å². The number of hydrogen-bond acceptors (Lipinski definition) is 3. The van der Waals surface area contributed by atoms with Gasteiger partial charge in [-0.3, -0.25) is 0 Å². The van der Waals surface area contributed by atoms with Gasteiger partial charge in [0.2, 0.25) is 0 Å². The van der Waals surface area contributed by atoms with Gasteiger partial charge < -0.3 is 14.6 Å². The summed E-state index contributed by atoms with van der Waals surface area (Å²) >= 11 is 0. The number of aliphatic hydroxyl groups is 1. The lowest BCUT2D eigenvalue weighted by atomic mass is 9.81. The molecule has 0 amide bonds. The van der Waals surface area contributed by atoms with Crippen LogP contribution in [0.5, 0.6) is 5.75 Å². The van der Waals surface area contributed by atoms with Crippen molar-refractivity contribution < 1.29 is 14.6 Å². The highest BCUT2D eigenvalue weighted by molar-refractivity contribution is 5.46. The molecule has 1 fully saturated rings. The van der Waals surface area contributed by atoms with Crippen molar-refractivity contribution in [2.75, 3.05) is 7.11 Å². The largest absolute Gasteiger partial charge is 0.496 e. The van der Waals surface area contributed by atoms with Gasteiger partial charge >= 0.3 is 0 Å². The Morgan fingerprint density at radius 3 is 2.30 bits per heavy atom.